The number of terminal acetylenes is 1. The molecule has 2 aromatic carbocycles. The first kappa shape index (κ1) is 24.9. The van der Waals surface area contributed by atoms with E-state index in [0.717, 1.165) is 43.2 Å². The van der Waals surface area contributed by atoms with Crippen molar-refractivity contribution in [2.45, 2.75) is 12.8 Å². The van der Waals surface area contributed by atoms with E-state index in [4.69, 9.17) is 31.5 Å². The van der Waals surface area contributed by atoms with Gasteiger partial charge in [-0.2, -0.15) is 0 Å². The van der Waals surface area contributed by atoms with Gasteiger partial charge in [0.25, 0.3) is 0 Å². The van der Waals surface area contributed by atoms with E-state index in [1.54, 1.807) is 18.2 Å². The Hall–Kier alpha value is -3.73. The van der Waals surface area contributed by atoms with E-state index >= 15 is 0 Å². The van der Waals surface area contributed by atoms with Gasteiger partial charge in [0.2, 0.25) is 0 Å². The molecule has 1 heterocycles. The molecule has 3 N–H and O–H groups in total. The molecule has 7 heteroatoms. The molecule has 1 unspecified atom stereocenters. The molecule has 1 saturated heterocycles. The number of nitrogens with zero attached hydrogens (tertiary/aromatic N) is 2. The van der Waals surface area contributed by atoms with Crippen molar-refractivity contribution in [1.29, 1.82) is 0 Å². The van der Waals surface area contributed by atoms with Crippen LogP contribution < -0.4 is 25.6 Å². The smallest absolute Gasteiger partial charge is 0.151 e. The molecular formula is C27H32N4O3. The van der Waals surface area contributed by atoms with Crippen LogP contribution in [0.4, 0.5) is 11.4 Å². The van der Waals surface area contributed by atoms with Gasteiger partial charge in [-0.1, -0.05) is 31.2 Å². The van der Waals surface area contributed by atoms with Gasteiger partial charge >= 0.3 is 0 Å². The lowest BCUT2D eigenvalue weighted by Crippen LogP contribution is -2.36. The van der Waals surface area contributed by atoms with E-state index in [9.17, 15) is 0 Å². The predicted octanol–water partition coefficient (Wildman–Crippen LogP) is 3.93. The molecule has 2 aromatic rings. The summed E-state index contributed by atoms with van der Waals surface area (Å²) in [5, 5.41) is 0. The Kier molecular flexibility index (Phi) is 9.15. The Bertz CT molecular complexity index is 1050. The third-order valence-corrected chi connectivity index (χ3v) is 5.40. The number of anilines is 1. The van der Waals surface area contributed by atoms with Crippen molar-refractivity contribution in [3.05, 3.63) is 72.8 Å². The summed E-state index contributed by atoms with van der Waals surface area (Å²) in [6.45, 7) is 13.3. The summed E-state index contributed by atoms with van der Waals surface area (Å²) in [6, 6.07) is 11.7. The molecule has 0 aliphatic carbocycles. The maximum Gasteiger partial charge on any atom is 0.151 e. The van der Waals surface area contributed by atoms with E-state index in [-0.39, 0.29) is 5.92 Å². The minimum absolute atomic E-state index is 0.196. The van der Waals surface area contributed by atoms with E-state index in [0.29, 0.717) is 36.1 Å². The third-order valence-electron chi connectivity index (χ3n) is 5.40. The van der Waals surface area contributed by atoms with Crippen LogP contribution in [-0.2, 0) is 4.74 Å². The SMILES string of the molecule is C#CC(C)c1cc(C(=Nc2ccc(N3CCOCC3)cc2)NN)c(OCC=C)cc1OCC=C. The third kappa shape index (κ3) is 6.19. The zero-order valence-corrected chi connectivity index (χ0v) is 19.6. The summed E-state index contributed by atoms with van der Waals surface area (Å²) < 4.78 is 17.2. The first-order valence-corrected chi connectivity index (χ1v) is 11.2. The minimum Gasteiger partial charge on any atom is -0.489 e. The van der Waals surface area contributed by atoms with Gasteiger partial charge in [0, 0.05) is 36.3 Å². The average Bonchev–Trinajstić information content (AvgIpc) is 2.89. The number of hydrogen-bond donors (Lipinski definition) is 2. The van der Waals surface area contributed by atoms with Gasteiger partial charge in [0.1, 0.15) is 24.7 Å². The molecule has 34 heavy (non-hydrogen) atoms. The van der Waals surface area contributed by atoms with Crippen molar-refractivity contribution in [2.75, 3.05) is 44.4 Å². The monoisotopic (exact) mass is 460 g/mol. The van der Waals surface area contributed by atoms with Crippen molar-refractivity contribution >= 4 is 17.2 Å². The first-order valence-electron chi connectivity index (χ1n) is 11.2. The van der Waals surface area contributed by atoms with E-state index in [1.165, 1.54) is 0 Å². The number of aliphatic imine (C=N–C) groups is 1. The molecule has 1 aliphatic rings. The van der Waals surface area contributed by atoms with Gasteiger partial charge in [0.15, 0.2) is 5.84 Å². The molecule has 0 spiro atoms. The van der Waals surface area contributed by atoms with Gasteiger partial charge < -0.3 is 24.5 Å². The van der Waals surface area contributed by atoms with E-state index in [1.807, 2.05) is 37.3 Å². The number of morpholine rings is 1. The number of nitrogens with two attached hydrogens (primary N) is 1. The predicted molar refractivity (Wildman–Crippen MR) is 138 cm³/mol. The Labute approximate surface area is 201 Å². The maximum absolute atomic E-state index is 5.92. The van der Waals surface area contributed by atoms with Crippen LogP contribution in [0.2, 0.25) is 0 Å². The fraction of sp³-hybridized carbons (Fsp3) is 0.296. The van der Waals surface area contributed by atoms with Crippen molar-refractivity contribution in [3.8, 4) is 23.8 Å². The molecule has 0 bridgehead atoms. The fourth-order valence-corrected chi connectivity index (χ4v) is 3.59. The highest BCUT2D eigenvalue weighted by atomic mass is 16.5. The Morgan fingerprint density at radius 1 is 1.18 bits per heavy atom. The highest BCUT2D eigenvalue weighted by Crippen LogP contribution is 2.35. The normalized spacial score (nSPS) is 14.6. The number of nitrogens with one attached hydrogen (secondary N) is 1. The summed E-state index contributed by atoms with van der Waals surface area (Å²) in [5.41, 5.74) is 6.10. The van der Waals surface area contributed by atoms with Crippen LogP contribution in [0.15, 0.2) is 66.7 Å². The molecule has 0 amide bonds. The van der Waals surface area contributed by atoms with Gasteiger partial charge in [-0.15, -0.1) is 6.42 Å². The molecule has 178 valence electrons. The van der Waals surface area contributed by atoms with Crippen LogP contribution in [0.25, 0.3) is 0 Å². The number of amidine groups is 1. The highest BCUT2D eigenvalue weighted by molar-refractivity contribution is 6.02. The number of rotatable bonds is 10. The first-order chi connectivity index (χ1) is 16.6. The van der Waals surface area contributed by atoms with Crippen molar-refractivity contribution in [1.82, 2.24) is 5.43 Å². The number of hydrazine groups is 1. The van der Waals surface area contributed by atoms with Crippen LogP contribution in [0.3, 0.4) is 0 Å². The fourth-order valence-electron chi connectivity index (χ4n) is 3.59. The zero-order valence-electron chi connectivity index (χ0n) is 19.6. The summed E-state index contributed by atoms with van der Waals surface area (Å²) >= 11 is 0. The second kappa shape index (κ2) is 12.5. The summed E-state index contributed by atoms with van der Waals surface area (Å²) in [4.78, 5) is 7.03. The second-order valence-electron chi connectivity index (χ2n) is 7.69. The van der Waals surface area contributed by atoms with Crippen LogP contribution >= 0.6 is 0 Å². The van der Waals surface area contributed by atoms with Gasteiger partial charge in [-0.3, -0.25) is 0 Å². The van der Waals surface area contributed by atoms with Crippen LogP contribution in [-0.4, -0.2) is 45.4 Å². The number of hydrogen-bond acceptors (Lipinski definition) is 6. The molecular weight excluding hydrogens is 428 g/mol. The Balaban J connectivity index is 2.00. The summed E-state index contributed by atoms with van der Waals surface area (Å²) in [7, 11) is 0. The standard InChI is InChI=1S/C27H32N4O3/c1-5-14-33-25-19-26(34-15-6-2)24(18-23(25)20(4)7-3)27(30-28)29-21-8-10-22(11-9-21)31-12-16-32-17-13-31/h3,5-6,8-11,18-20H,1-2,12-17,28H2,4H3,(H,29,30). The second-order valence-corrected chi connectivity index (χ2v) is 7.69. The molecule has 0 radical (unpaired) electrons. The largest absolute Gasteiger partial charge is 0.489 e. The zero-order chi connectivity index (χ0) is 24.3. The van der Waals surface area contributed by atoms with Crippen LogP contribution in [0.1, 0.15) is 24.0 Å². The van der Waals surface area contributed by atoms with Gasteiger partial charge in [-0.25, -0.2) is 10.8 Å². The lowest BCUT2D eigenvalue weighted by Gasteiger charge is -2.28. The van der Waals surface area contributed by atoms with Crippen molar-refractivity contribution in [2.24, 2.45) is 10.8 Å². The molecule has 1 atom stereocenters. The van der Waals surface area contributed by atoms with Gasteiger partial charge in [-0.05, 0) is 37.3 Å². The lowest BCUT2D eigenvalue weighted by molar-refractivity contribution is 0.122. The van der Waals surface area contributed by atoms with E-state index in [2.05, 4.69) is 29.4 Å². The van der Waals surface area contributed by atoms with Crippen molar-refractivity contribution in [3.63, 3.8) is 0 Å². The van der Waals surface area contributed by atoms with Crippen molar-refractivity contribution < 1.29 is 14.2 Å². The van der Waals surface area contributed by atoms with E-state index < -0.39 is 0 Å². The Morgan fingerprint density at radius 2 is 1.82 bits per heavy atom. The van der Waals surface area contributed by atoms with Gasteiger partial charge in [0.05, 0.1) is 24.5 Å². The Morgan fingerprint density at radius 3 is 2.41 bits per heavy atom. The molecule has 3 rings (SSSR count). The molecule has 0 saturated carbocycles. The number of benzene rings is 2. The number of ether oxygens (including phenoxy) is 3. The topological polar surface area (TPSA) is 81.3 Å². The maximum atomic E-state index is 5.92. The molecule has 1 aliphatic heterocycles. The highest BCUT2D eigenvalue weighted by Gasteiger charge is 2.19. The van der Waals surface area contributed by atoms with Crippen LogP contribution in [0.5, 0.6) is 11.5 Å². The lowest BCUT2D eigenvalue weighted by atomic mass is 9.97. The molecule has 1 fully saturated rings. The summed E-state index contributed by atoms with van der Waals surface area (Å²) in [5.74, 6) is 10.1. The minimum atomic E-state index is -0.196. The molecule has 0 aromatic heterocycles. The molecule has 7 nitrogen and oxygen atoms in total. The quantitative estimate of drug-likeness (QED) is 0.140. The average molecular weight is 461 g/mol. The van der Waals surface area contributed by atoms with Crippen LogP contribution in [0, 0.1) is 12.3 Å². The summed E-state index contributed by atoms with van der Waals surface area (Å²) in [6.07, 6.45) is 9.07.